The van der Waals surface area contributed by atoms with E-state index in [9.17, 15) is 9.90 Å². The predicted octanol–water partition coefficient (Wildman–Crippen LogP) is 7.10. The van der Waals surface area contributed by atoms with Crippen LogP contribution >= 0.6 is 0 Å². The van der Waals surface area contributed by atoms with Crippen molar-refractivity contribution in [3.05, 3.63) is 29.6 Å². The molecule has 224 valence electrons. The van der Waals surface area contributed by atoms with Crippen molar-refractivity contribution in [2.45, 2.75) is 144 Å². The molecule has 0 saturated carbocycles. The molecule has 7 heteroatoms. The summed E-state index contributed by atoms with van der Waals surface area (Å²) in [5, 5.41) is 17.8. The van der Waals surface area contributed by atoms with Crippen molar-refractivity contribution in [3.8, 4) is 0 Å². The number of nitrogens with one attached hydrogen (secondary N) is 1. The maximum Gasteiger partial charge on any atom is 0.313 e. The lowest BCUT2D eigenvalue weighted by atomic mass is 9.73. The zero-order valence-corrected chi connectivity index (χ0v) is 27.0. The van der Waals surface area contributed by atoms with Crippen LogP contribution in [-0.4, -0.2) is 51.3 Å². The Kier molecular flexibility index (Phi) is 10.3. The third-order valence-electron chi connectivity index (χ3n) is 8.24. The van der Waals surface area contributed by atoms with Crippen LogP contribution in [0, 0.1) is 10.8 Å². The Labute approximate surface area is 238 Å². The summed E-state index contributed by atoms with van der Waals surface area (Å²) >= 11 is 0. The van der Waals surface area contributed by atoms with E-state index in [4.69, 9.17) is 9.47 Å². The molecule has 1 aliphatic carbocycles. The molecule has 0 bridgehead atoms. The van der Waals surface area contributed by atoms with Crippen molar-refractivity contribution in [1.29, 1.82) is 0 Å². The quantitative estimate of drug-likeness (QED) is 0.191. The number of hydrogen-bond donors (Lipinski definition) is 2. The summed E-state index contributed by atoms with van der Waals surface area (Å²) in [6.07, 6.45) is 10.7. The first-order valence-corrected chi connectivity index (χ1v) is 14.6. The topological polar surface area (TPSA) is 85.6 Å². The number of rotatable bonds is 18. The molecule has 1 aromatic rings. The first kappa shape index (κ1) is 33.5. The molecule has 2 unspecified atom stereocenters. The fourth-order valence-electron chi connectivity index (χ4n) is 6.61. The molecule has 39 heavy (non-hydrogen) atoms. The van der Waals surface area contributed by atoms with Crippen LogP contribution in [0.5, 0.6) is 0 Å². The molecular weight excluding hydrogens is 490 g/mol. The lowest BCUT2D eigenvalue weighted by Gasteiger charge is -2.43. The second-order valence-electron chi connectivity index (χ2n) is 14.9. The van der Waals surface area contributed by atoms with Gasteiger partial charge < -0.3 is 19.9 Å². The Bertz CT molecular complexity index is 1000. The van der Waals surface area contributed by atoms with Gasteiger partial charge in [0.2, 0.25) is 0 Å². The number of aliphatic carboxylic acids is 1. The van der Waals surface area contributed by atoms with E-state index in [1.807, 2.05) is 26.2 Å². The summed E-state index contributed by atoms with van der Waals surface area (Å²) in [7, 11) is 1.95. The molecule has 1 heterocycles. The molecule has 2 rings (SSSR count). The van der Waals surface area contributed by atoms with E-state index >= 15 is 0 Å². The molecule has 2 atom stereocenters. The second kappa shape index (κ2) is 12.0. The smallest absolute Gasteiger partial charge is 0.313 e. The fourth-order valence-corrected chi connectivity index (χ4v) is 6.61. The summed E-state index contributed by atoms with van der Waals surface area (Å²) in [6.45, 7) is 25.0. The number of carbonyl (C=O) groups is 1. The Morgan fingerprint density at radius 3 is 2.15 bits per heavy atom. The van der Waals surface area contributed by atoms with Gasteiger partial charge in [-0.15, -0.1) is 0 Å². The summed E-state index contributed by atoms with van der Waals surface area (Å²) in [5.74, 6) is -0.769. The summed E-state index contributed by atoms with van der Waals surface area (Å²) in [6, 6.07) is 0. The van der Waals surface area contributed by atoms with E-state index < -0.39 is 22.6 Å². The molecule has 1 aliphatic rings. The molecular formula is C32H57N3O4. The number of carboxylic acids is 1. The number of allylic oxidation sites excluding steroid dienone is 1. The molecule has 2 N–H and O–H groups in total. The third-order valence-corrected chi connectivity index (χ3v) is 8.24. The summed E-state index contributed by atoms with van der Waals surface area (Å²) in [5.41, 5.74) is -0.0369. The maximum atomic E-state index is 12.1. The molecule has 0 fully saturated rings. The van der Waals surface area contributed by atoms with Gasteiger partial charge in [-0.2, -0.15) is 5.10 Å². The monoisotopic (exact) mass is 547 g/mol. The van der Waals surface area contributed by atoms with Crippen molar-refractivity contribution in [3.63, 3.8) is 0 Å². The van der Waals surface area contributed by atoms with E-state index in [1.54, 1.807) is 0 Å². The highest BCUT2D eigenvalue weighted by Crippen LogP contribution is 2.47. The van der Waals surface area contributed by atoms with E-state index in [-0.39, 0.29) is 16.6 Å². The van der Waals surface area contributed by atoms with Crippen LogP contribution in [0.3, 0.4) is 0 Å². The lowest BCUT2D eigenvalue weighted by Crippen LogP contribution is -2.45. The van der Waals surface area contributed by atoms with E-state index in [2.05, 4.69) is 90.5 Å². The molecule has 0 spiro atoms. The zero-order valence-electron chi connectivity index (χ0n) is 27.0. The second-order valence-corrected chi connectivity index (χ2v) is 14.9. The van der Waals surface area contributed by atoms with Gasteiger partial charge in [-0.05, 0) is 106 Å². The van der Waals surface area contributed by atoms with Crippen molar-refractivity contribution >= 4 is 5.97 Å². The highest BCUT2D eigenvalue weighted by Gasteiger charge is 2.47. The molecule has 0 aromatic carbocycles. The minimum Gasteiger partial charge on any atom is -0.481 e. The van der Waals surface area contributed by atoms with Gasteiger partial charge in [-0.3, -0.25) is 9.48 Å². The van der Waals surface area contributed by atoms with Gasteiger partial charge in [0.05, 0.1) is 40.6 Å². The van der Waals surface area contributed by atoms with E-state index in [0.717, 1.165) is 44.2 Å². The lowest BCUT2D eigenvalue weighted by molar-refractivity contribution is -0.172. The Morgan fingerprint density at radius 2 is 1.64 bits per heavy atom. The number of ether oxygens (including phenoxy) is 2. The molecule has 7 nitrogen and oxygen atoms in total. The SMILES string of the molecule is CCC(C)(CC(C)(C(=O)O)C1=CC1)OC(C)(C)CCOC(C)(C)CC(C)(C)CC(C)(C)n1cc(CNC)cn1. The van der Waals surface area contributed by atoms with Crippen molar-refractivity contribution < 1.29 is 19.4 Å². The standard InChI is InChI=1S/C32H57N3O4/c1-13-31(10,23-32(11,26(36)37)25-14-15-25)39-29(6,7)16-17-38-30(8,9)22-27(2,3)21-28(4,5)35-20-24(18-33-12)19-34-35/h14,19-20,33H,13,15-18,21-23H2,1-12H3,(H,36,37). The molecule has 0 amide bonds. The van der Waals surface area contributed by atoms with Gasteiger partial charge >= 0.3 is 5.97 Å². The summed E-state index contributed by atoms with van der Waals surface area (Å²) < 4.78 is 15.2. The van der Waals surface area contributed by atoms with Gasteiger partial charge in [0.1, 0.15) is 0 Å². The van der Waals surface area contributed by atoms with E-state index in [1.165, 1.54) is 5.56 Å². The van der Waals surface area contributed by atoms with Crippen molar-refractivity contribution in [2.75, 3.05) is 13.7 Å². The first-order valence-electron chi connectivity index (χ1n) is 14.6. The Balaban J connectivity index is 1.95. The maximum absolute atomic E-state index is 12.1. The normalized spacial score (nSPS) is 17.9. The highest BCUT2D eigenvalue weighted by atomic mass is 16.5. The number of aromatic nitrogens is 2. The highest BCUT2D eigenvalue weighted by molar-refractivity contribution is 5.79. The van der Waals surface area contributed by atoms with Crippen molar-refractivity contribution in [1.82, 2.24) is 15.1 Å². The van der Waals surface area contributed by atoms with Crippen LogP contribution in [0.4, 0.5) is 0 Å². The Hall–Kier alpha value is -1.70. The molecule has 0 saturated heterocycles. The van der Waals surface area contributed by atoms with Crippen LogP contribution in [0.15, 0.2) is 24.0 Å². The zero-order chi connectivity index (χ0) is 29.9. The number of carboxylic acid groups (broad SMARTS) is 1. The van der Waals surface area contributed by atoms with Gasteiger partial charge in [0.15, 0.2) is 0 Å². The van der Waals surface area contributed by atoms with Gasteiger partial charge in [-0.25, -0.2) is 0 Å². The molecule has 0 aliphatic heterocycles. The molecule has 1 aromatic heterocycles. The minimum atomic E-state index is -0.872. The van der Waals surface area contributed by atoms with Crippen LogP contribution in [0.1, 0.15) is 120 Å². The van der Waals surface area contributed by atoms with Crippen LogP contribution < -0.4 is 5.32 Å². The van der Waals surface area contributed by atoms with Crippen LogP contribution in [0.2, 0.25) is 0 Å². The predicted molar refractivity (Wildman–Crippen MR) is 159 cm³/mol. The van der Waals surface area contributed by atoms with Crippen LogP contribution in [-0.2, 0) is 26.4 Å². The van der Waals surface area contributed by atoms with Gasteiger partial charge in [-0.1, -0.05) is 32.4 Å². The van der Waals surface area contributed by atoms with Crippen LogP contribution in [0.25, 0.3) is 0 Å². The van der Waals surface area contributed by atoms with Gasteiger partial charge in [0.25, 0.3) is 0 Å². The average molecular weight is 548 g/mol. The first-order chi connectivity index (χ1) is 17.7. The molecule has 0 radical (unpaired) electrons. The average Bonchev–Trinajstić information content (AvgIpc) is 3.50. The largest absolute Gasteiger partial charge is 0.481 e. The fraction of sp³-hybridized carbons (Fsp3) is 0.812. The Morgan fingerprint density at radius 1 is 1.03 bits per heavy atom. The third kappa shape index (κ3) is 9.72. The van der Waals surface area contributed by atoms with Gasteiger partial charge in [0, 0.05) is 18.3 Å². The van der Waals surface area contributed by atoms with E-state index in [0.29, 0.717) is 13.0 Å². The number of hydrogen-bond acceptors (Lipinski definition) is 5. The summed E-state index contributed by atoms with van der Waals surface area (Å²) in [4.78, 5) is 12.1. The number of nitrogens with zero attached hydrogens (tertiary/aromatic N) is 2. The van der Waals surface area contributed by atoms with Crippen molar-refractivity contribution in [2.24, 2.45) is 10.8 Å². The minimum absolute atomic E-state index is 0.0354.